The molecule has 0 bridgehead atoms. The second-order valence-corrected chi connectivity index (χ2v) is 12.5. The second-order valence-electron chi connectivity index (χ2n) is 10.2. The minimum atomic E-state index is -4.20. The molecule has 2 heterocycles. The molecule has 1 saturated carbocycles. The van der Waals surface area contributed by atoms with Crippen molar-refractivity contribution in [2.75, 3.05) is 0 Å². The van der Waals surface area contributed by atoms with Crippen molar-refractivity contribution in [1.29, 1.82) is 0 Å². The van der Waals surface area contributed by atoms with Gasteiger partial charge in [0.05, 0.1) is 11.4 Å². The van der Waals surface area contributed by atoms with Crippen LogP contribution in [0, 0.1) is 12.7 Å². The lowest BCUT2D eigenvalue weighted by Gasteiger charge is -2.10. The van der Waals surface area contributed by atoms with Crippen LogP contribution in [0.15, 0.2) is 77.0 Å². The molecule has 2 aromatic heterocycles. The van der Waals surface area contributed by atoms with E-state index in [4.69, 9.17) is 10.2 Å². The highest BCUT2D eigenvalue weighted by atomic mass is 32.2. The first kappa shape index (κ1) is 27.0. The zero-order valence-electron chi connectivity index (χ0n) is 21.9. The molecular formula is C30H25FN4O4S2. The van der Waals surface area contributed by atoms with Gasteiger partial charge < -0.3 is 5.11 Å². The maximum absolute atomic E-state index is 14.8. The number of hydrogen-bond acceptors (Lipinski definition) is 6. The van der Waals surface area contributed by atoms with Crippen molar-refractivity contribution in [3.63, 3.8) is 0 Å². The first-order valence-corrected chi connectivity index (χ1v) is 15.3. The normalized spacial score (nSPS) is 13.4. The molecule has 0 aliphatic heterocycles. The number of nitrogens with zero attached hydrogens (tertiary/aromatic N) is 3. The summed E-state index contributed by atoms with van der Waals surface area (Å²) < 4.78 is 40.1. The summed E-state index contributed by atoms with van der Waals surface area (Å²) >= 11 is 1.19. The molecule has 0 amide bonds. The van der Waals surface area contributed by atoms with Crippen LogP contribution in [0.2, 0.25) is 0 Å². The summed E-state index contributed by atoms with van der Waals surface area (Å²) in [6, 6.07) is 20.1. The molecule has 0 saturated heterocycles. The Morgan fingerprint density at radius 1 is 1.07 bits per heavy atom. The van der Waals surface area contributed by atoms with Gasteiger partial charge in [0.2, 0.25) is 15.2 Å². The van der Waals surface area contributed by atoms with Crippen LogP contribution in [-0.2, 0) is 16.4 Å². The highest BCUT2D eigenvalue weighted by Crippen LogP contribution is 2.46. The first-order valence-electron chi connectivity index (χ1n) is 12.9. The van der Waals surface area contributed by atoms with Gasteiger partial charge in [-0.05, 0) is 54.7 Å². The van der Waals surface area contributed by atoms with Crippen molar-refractivity contribution in [1.82, 2.24) is 14.8 Å². The fourth-order valence-corrected chi connectivity index (χ4v) is 6.28. The van der Waals surface area contributed by atoms with Crippen LogP contribution in [0.3, 0.4) is 0 Å². The van der Waals surface area contributed by atoms with Crippen molar-refractivity contribution in [2.45, 2.75) is 37.0 Å². The summed E-state index contributed by atoms with van der Waals surface area (Å²) in [5.41, 5.74) is 6.95. The van der Waals surface area contributed by atoms with E-state index in [1.807, 2.05) is 31.2 Å². The second kappa shape index (κ2) is 10.3. The summed E-state index contributed by atoms with van der Waals surface area (Å²) in [6.45, 7) is 2.03. The molecule has 3 N–H and O–H groups in total. The minimum absolute atomic E-state index is 0.0626. The number of rotatable bonds is 8. The lowest BCUT2D eigenvalue weighted by Crippen LogP contribution is -2.14. The molecule has 0 unspecified atom stereocenters. The van der Waals surface area contributed by atoms with Crippen molar-refractivity contribution < 1.29 is 22.7 Å². The van der Waals surface area contributed by atoms with Gasteiger partial charge in [0, 0.05) is 28.8 Å². The van der Waals surface area contributed by atoms with Crippen molar-refractivity contribution >= 4 is 27.3 Å². The molecule has 8 nitrogen and oxygen atoms in total. The van der Waals surface area contributed by atoms with Crippen molar-refractivity contribution in [2.24, 2.45) is 5.14 Å². The zero-order valence-corrected chi connectivity index (χ0v) is 23.5. The summed E-state index contributed by atoms with van der Waals surface area (Å²) in [5, 5.41) is 21.5. The van der Waals surface area contributed by atoms with Crippen LogP contribution >= 0.6 is 11.3 Å². The third-order valence-electron chi connectivity index (χ3n) is 7.08. The fraction of sp³-hybridized carbons (Fsp3) is 0.167. The number of aromatic nitrogens is 3. The molecule has 41 heavy (non-hydrogen) atoms. The molecular weight excluding hydrogens is 563 g/mol. The number of hydrogen-bond donors (Lipinski definition) is 2. The predicted molar refractivity (Wildman–Crippen MR) is 154 cm³/mol. The average Bonchev–Trinajstić information content (AvgIpc) is 3.51. The minimum Gasteiger partial charge on any atom is -0.476 e. The fourth-order valence-electron chi connectivity index (χ4n) is 4.93. The van der Waals surface area contributed by atoms with Gasteiger partial charge in [-0.1, -0.05) is 54.1 Å². The number of nitrogens with two attached hydrogens (primary N) is 1. The summed E-state index contributed by atoms with van der Waals surface area (Å²) in [4.78, 5) is 15.3. The number of halogens is 1. The number of benzene rings is 3. The van der Waals surface area contributed by atoms with Gasteiger partial charge in [-0.3, -0.25) is 0 Å². The number of aryl methyl sites for hydroxylation is 1. The molecule has 0 radical (unpaired) electrons. The van der Waals surface area contributed by atoms with Gasteiger partial charge >= 0.3 is 5.97 Å². The standard InChI is InChI=1S/C30H25FN4O4S2/c1-17-5-8-19(9-6-17)21-3-2-4-22(15-21)27-23(13-18-7-12-26(24(31)14-18)41(32,38)39)28(20-10-11-20)35(34-27)30-33-25(16-40-30)29(36)37/h2-9,12,14-16,20H,10-11,13H2,1H3,(H,36,37)(H2,32,38,39). The van der Waals surface area contributed by atoms with E-state index in [0.29, 0.717) is 16.4 Å². The van der Waals surface area contributed by atoms with Gasteiger partial charge in [-0.2, -0.15) is 5.10 Å². The number of primary sulfonamides is 1. The monoisotopic (exact) mass is 588 g/mol. The largest absolute Gasteiger partial charge is 0.476 e. The lowest BCUT2D eigenvalue weighted by molar-refractivity contribution is 0.0691. The Hall–Kier alpha value is -4.19. The lowest BCUT2D eigenvalue weighted by atomic mass is 9.95. The van der Waals surface area contributed by atoms with Crippen LogP contribution in [0.5, 0.6) is 0 Å². The van der Waals surface area contributed by atoms with Crippen LogP contribution < -0.4 is 5.14 Å². The Morgan fingerprint density at radius 3 is 2.44 bits per heavy atom. The smallest absolute Gasteiger partial charge is 0.355 e. The van der Waals surface area contributed by atoms with Crippen LogP contribution in [0.1, 0.15) is 51.6 Å². The van der Waals surface area contributed by atoms with E-state index in [-0.39, 0.29) is 18.0 Å². The number of aromatic carboxylic acids is 1. The maximum Gasteiger partial charge on any atom is 0.355 e. The molecule has 1 aliphatic rings. The number of carbonyl (C=O) groups is 1. The van der Waals surface area contributed by atoms with E-state index in [1.165, 1.54) is 28.8 Å². The zero-order chi connectivity index (χ0) is 28.9. The Kier molecular flexibility index (Phi) is 6.80. The van der Waals surface area contributed by atoms with Crippen LogP contribution in [-0.4, -0.2) is 34.3 Å². The Labute approximate surface area is 240 Å². The van der Waals surface area contributed by atoms with Gasteiger partial charge in [-0.25, -0.2) is 32.4 Å². The van der Waals surface area contributed by atoms with Gasteiger partial charge in [0.25, 0.3) is 0 Å². The number of carboxylic acids is 1. The number of sulfonamides is 1. The summed E-state index contributed by atoms with van der Waals surface area (Å²) in [5.74, 6) is -1.86. The number of carboxylic acid groups (broad SMARTS) is 1. The van der Waals surface area contributed by atoms with Crippen LogP contribution in [0.25, 0.3) is 27.5 Å². The summed E-state index contributed by atoms with van der Waals surface area (Å²) in [7, 11) is -4.20. The van der Waals surface area contributed by atoms with Gasteiger partial charge in [-0.15, -0.1) is 11.3 Å². The van der Waals surface area contributed by atoms with E-state index >= 15 is 0 Å². The van der Waals surface area contributed by atoms with E-state index in [9.17, 15) is 22.7 Å². The molecule has 11 heteroatoms. The molecule has 208 valence electrons. The van der Waals surface area contributed by atoms with E-state index in [2.05, 4.69) is 29.2 Å². The van der Waals surface area contributed by atoms with Crippen molar-refractivity contribution in [3.8, 4) is 27.5 Å². The van der Waals surface area contributed by atoms with E-state index < -0.39 is 26.7 Å². The Bertz CT molecular complexity index is 1910. The molecule has 0 spiro atoms. The molecule has 6 rings (SSSR count). The van der Waals surface area contributed by atoms with E-state index in [0.717, 1.165) is 46.4 Å². The van der Waals surface area contributed by atoms with Crippen molar-refractivity contribution in [3.05, 3.63) is 106 Å². The predicted octanol–water partition coefficient (Wildman–Crippen LogP) is 5.92. The Balaban J connectivity index is 1.52. The molecule has 1 fully saturated rings. The molecule has 5 aromatic rings. The van der Waals surface area contributed by atoms with E-state index in [1.54, 1.807) is 10.7 Å². The Morgan fingerprint density at radius 2 is 1.80 bits per heavy atom. The third kappa shape index (κ3) is 5.43. The van der Waals surface area contributed by atoms with Gasteiger partial charge in [0.1, 0.15) is 10.7 Å². The third-order valence-corrected chi connectivity index (χ3v) is 8.84. The SMILES string of the molecule is Cc1ccc(-c2cccc(-c3nn(-c4nc(C(=O)O)cs4)c(C4CC4)c3Cc3ccc(S(N)(=O)=O)c(F)c3)c2)cc1. The molecule has 0 atom stereocenters. The highest BCUT2D eigenvalue weighted by molar-refractivity contribution is 7.89. The summed E-state index contributed by atoms with van der Waals surface area (Å²) in [6.07, 6.45) is 2.13. The quantitative estimate of drug-likeness (QED) is 0.231. The number of thiazole rings is 1. The molecule has 1 aliphatic carbocycles. The maximum atomic E-state index is 14.8. The van der Waals surface area contributed by atoms with Crippen LogP contribution in [0.4, 0.5) is 4.39 Å². The highest BCUT2D eigenvalue weighted by Gasteiger charge is 2.34. The topological polar surface area (TPSA) is 128 Å². The average molecular weight is 589 g/mol. The first-order chi connectivity index (χ1) is 19.6. The molecule has 3 aromatic carbocycles. The van der Waals surface area contributed by atoms with Gasteiger partial charge in [0.15, 0.2) is 5.69 Å².